The van der Waals surface area contributed by atoms with Crippen molar-refractivity contribution >= 4 is 5.69 Å². The molecule has 0 aliphatic carbocycles. The van der Waals surface area contributed by atoms with Gasteiger partial charge in [-0.25, -0.2) is 0 Å². The summed E-state index contributed by atoms with van der Waals surface area (Å²) in [5, 5.41) is 10.5. The molecule has 0 fully saturated rings. The van der Waals surface area contributed by atoms with E-state index < -0.39 is 0 Å². The predicted molar refractivity (Wildman–Crippen MR) is 50.8 cm³/mol. The lowest BCUT2D eigenvalue weighted by molar-refractivity contribution is -0.384. The molecule has 1 rings (SSSR count). The molecule has 13 heavy (non-hydrogen) atoms. The summed E-state index contributed by atoms with van der Waals surface area (Å²) in [6, 6.07) is 1.59. The number of hydrogen-bond donors (Lipinski definition) is 0. The lowest BCUT2D eigenvalue weighted by Gasteiger charge is -2.22. The Labute approximate surface area is 77.3 Å². The maximum absolute atomic E-state index is 10.5. The summed E-state index contributed by atoms with van der Waals surface area (Å²) in [5.74, 6) is 0. The molecule has 0 unspecified atom stereocenters. The third kappa shape index (κ3) is 1.88. The average molecular weight is 182 g/mol. The van der Waals surface area contributed by atoms with E-state index in [9.17, 15) is 10.1 Å². The van der Waals surface area contributed by atoms with Gasteiger partial charge in [0.1, 0.15) is 0 Å². The molecule has 0 aliphatic rings. The first-order valence-corrected chi connectivity index (χ1v) is 4.16. The highest BCUT2D eigenvalue weighted by molar-refractivity contribution is 5.31. The number of rotatable bonds is 1. The van der Waals surface area contributed by atoms with Gasteiger partial charge in [0.15, 0.2) is 0 Å². The van der Waals surface area contributed by atoms with Crippen LogP contribution >= 0.6 is 0 Å². The van der Waals surface area contributed by atoms with Crippen molar-refractivity contribution in [2.45, 2.75) is 33.2 Å². The van der Waals surface area contributed by atoms with Crippen molar-refractivity contribution in [3.63, 3.8) is 0 Å². The molecule has 72 valence electrons. The highest BCUT2D eigenvalue weighted by Crippen LogP contribution is 2.23. The van der Waals surface area contributed by atoms with Crippen LogP contribution in [-0.2, 0) is 5.54 Å². The first-order chi connectivity index (χ1) is 5.82. The van der Waals surface area contributed by atoms with Gasteiger partial charge in [-0.1, -0.05) is 0 Å². The molecular formula is C9H14N2O2. The summed E-state index contributed by atoms with van der Waals surface area (Å²) < 4.78 is 1.91. The van der Waals surface area contributed by atoms with Crippen LogP contribution in [0.5, 0.6) is 0 Å². The van der Waals surface area contributed by atoms with Gasteiger partial charge in [0.25, 0.3) is 5.69 Å². The zero-order valence-electron chi connectivity index (χ0n) is 8.37. The molecular weight excluding hydrogens is 168 g/mol. The van der Waals surface area contributed by atoms with Crippen LogP contribution < -0.4 is 0 Å². The quantitative estimate of drug-likeness (QED) is 0.494. The van der Waals surface area contributed by atoms with Crippen molar-refractivity contribution in [3.05, 3.63) is 28.1 Å². The van der Waals surface area contributed by atoms with E-state index in [0.717, 1.165) is 5.69 Å². The summed E-state index contributed by atoms with van der Waals surface area (Å²) in [6.07, 6.45) is 1.58. The smallest absolute Gasteiger partial charge is 0.287 e. The SMILES string of the molecule is Cc1cc([N+](=O)[O-])cn1C(C)(C)C. The van der Waals surface area contributed by atoms with Gasteiger partial charge in [-0.2, -0.15) is 0 Å². The maximum atomic E-state index is 10.5. The Bertz CT molecular complexity index is 334. The van der Waals surface area contributed by atoms with Crippen LogP contribution in [-0.4, -0.2) is 9.49 Å². The minimum absolute atomic E-state index is 0.0989. The van der Waals surface area contributed by atoms with Crippen LogP contribution in [0.2, 0.25) is 0 Å². The molecule has 0 aromatic carbocycles. The fraction of sp³-hybridized carbons (Fsp3) is 0.556. The van der Waals surface area contributed by atoms with E-state index in [4.69, 9.17) is 0 Å². The molecule has 0 spiro atoms. The lowest BCUT2D eigenvalue weighted by Crippen LogP contribution is -2.21. The first kappa shape index (κ1) is 9.77. The van der Waals surface area contributed by atoms with E-state index in [0.29, 0.717) is 0 Å². The molecule has 0 radical (unpaired) electrons. The lowest BCUT2D eigenvalue weighted by atomic mass is 10.1. The standard InChI is InChI=1S/C9H14N2O2/c1-7-5-8(11(12)13)6-10(7)9(2,3)4/h5-6H,1-4H3. The van der Waals surface area contributed by atoms with E-state index in [-0.39, 0.29) is 16.1 Å². The number of nitrogens with zero attached hydrogens (tertiary/aromatic N) is 2. The number of hydrogen-bond acceptors (Lipinski definition) is 2. The second-order valence-corrected chi connectivity index (χ2v) is 4.14. The van der Waals surface area contributed by atoms with Gasteiger partial charge in [-0.15, -0.1) is 0 Å². The molecule has 0 bridgehead atoms. The predicted octanol–water partition coefficient (Wildman–Crippen LogP) is 2.46. The Morgan fingerprint density at radius 2 is 2.00 bits per heavy atom. The van der Waals surface area contributed by atoms with Gasteiger partial charge in [-0.3, -0.25) is 10.1 Å². The van der Waals surface area contributed by atoms with E-state index in [1.54, 1.807) is 12.3 Å². The van der Waals surface area contributed by atoms with Crippen LogP contribution in [0.4, 0.5) is 5.69 Å². The zero-order valence-corrected chi connectivity index (χ0v) is 8.37. The number of aromatic nitrogens is 1. The van der Waals surface area contributed by atoms with E-state index >= 15 is 0 Å². The summed E-state index contributed by atoms with van der Waals surface area (Å²) in [5.41, 5.74) is 0.977. The molecule has 1 heterocycles. The molecule has 1 aromatic rings. The van der Waals surface area contributed by atoms with Gasteiger partial charge < -0.3 is 4.57 Å². The van der Waals surface area contributed by atoms with Crippen LogP contribution in [0.1, 0.15) is 26.5 Å². The summed E-state index contributed by atoms with van der Waals surface area (Å²) >= 11 is 0. The fourth-order valence-corrected chi connectivity index (χ4v) is 1.38. The molecule has 0 N–H and O–H groups in total. The summed E-state index contributed by atoms with van der Waals surface area (Å²) in [7, 11) is 0. The van der Waals surface area contributed by atoms with Gasteiger partial charge in [-0.05, 0) is 27.7 Å². The van der Waals surface area contributed by atoms with E-state index in [2.05, 4.69) is 0 Å². The molecule has 1 aromatic heterocycles. The Hall–Kier alpha value is -1.32. The van der Waals surface area contributed by atoms with Gasteiger partial charge >= 0.3 is 0 Å². The van der Waals surface area contributed by atoms with Crippen molar-refractivity contribution in [2.24, 2.45) is 0 Å². The van der Waals surface area contributed by atoms with Crippen molar-refractivity contribution in [1.82, 2.24) is 4.57 Å². The summed E-state index contributed by atoms with van der Waals surface area (Å²) in [6.45, 7) is 7.93. The largest absolute Gasteiger partial charge is 0.340 e. The van der Waals surface area contributed by atoms with Crippen LogP contribution in [0.25, 0.3) is 0 Å². The highest BCUT2D eigenvalue weighted by atomic mass is 16.6. The topological polar surface area (TPSA) is 48.1 Å². The Morgan fingerprint density at radius 3 is 2.23 bits per heavy atom. The highest BCUT2D eigenvalue weighted by Gasteiger charge is 2.19. The number of nitro groups is 1. The summed E-state index contributed by atoms with van der Waals surface area (Å²) in [4.78, 5) is 10.1. The van der Waals surface area contributed by atoms with Crippen molar-refractivity contribution in [3.8, 4) is 0 Å². The zero-order chi connectivity index (χ0) is 10.2. The molecule has 0 saturated carbocycles. The van der Waals surface area contributed by atoms with Crippen LogP contribution in [0, 0.1) is 17.0 Å². The van der Waals surface area contributed by atoms with E-state index in [1.807, 2.05) is 32.3 Å². The minimum atomic E-state index is -0.366. The molecule has 4 heteroatoms. The van der Waals surface area contributed by atoms with Crippen LogP contribution in [0.3, 0.4) is 0 Å². The second kappa shape index (κ2) is 2.87. The molecule has 4 nitrogen and oxygen atoms in total. The first-order valence-electron chi connectivity index (χ1n) is 4.16. The van der Waals surface area contributed by atoms with Gasteiger partial charge in [0.2, 0.25) is 0 Å². The van der Waals surface area contributed by atoms with E-state index in [1.165, 1.54) is 0 Å². The Morgan fingerprint density at radius 1 is 1.46 bits per heavy atom. The second-order valence-electron chi connectivity index (χ2n) is 4.14. The molecule has 0 saturated heterocycles. The Kier molecular flexibility index (Phi) is 2.15. The molecule has 0 atom stereocenters. The maximum Gasteiger partial charge on any atom is 0.287 e. The Balaban J connectivity index is 3.18. The number of aryl methyl sites for hydroxylation is 1. The van der Waals surface area contributed by atoms with Crippen molar-refractivity contribution in [1.29, 1.82) is 0 Å². The van der Waals surface area contributed by atoms with Crippen molar-refractivity contribution in [2.75, 3.05) is 0 Å². The molecule has 0 amide bonds. The van der Waals surface area contributed by atoms with Crippen LogP contribution in [0.15, 0.2) is 12.3 Å². The third-order valence-corrected chi connectivity index (χ3v) is 1.93. The van der Waals surface area contributed by atoms with Gasteiger partial charge in [0, 0.05) is 17.3 Å². The fourth-order valence-electron chi connectivity index (χ4n) is 1.38. The normalized spacial score (nSPS) is 11.7. The third-order valence-electron chi connectivity index (χ3n) is 1.93. The average Bonchev–Trinajstić information content (AvgIpc) is 2.29. The van der Waals surface area contributed by atoms with Crippen molar-refractivity contribution < 1.29 is 4.92 Å². The monoisotopic (exact) mass is 182 g/mol. The minimum Gasteiger partial charge on any atom is -0.340 e. The van der Waals surface area contributed by atoms with Gasteiger partial charge in [0.05, 0.1) is 11.1 Å². The molecule has 0 aliphatic heterocycles.